The van der Waals surface area contributed by atoms with E-state index in [0.717, 1.165) is 11.1 Å². The van der Waals surface area contributed by atoms with E-state index in [1.165, 1.54) is 11.1 Å². The average Bonchev–Trinajstić information content (AvgIpc) is 3.11. The van der Waals surface area contributed by atoms with Crippen LogP contribution in [0, 0.1) is 11.8 Å². The van der Waals surface area contributed by atoms with Crippen LogP contribution in [0.1, 0.15) is 36.8 Å². The lowest BCUT2D eigenvalue weighted by atomic mass is 9.87. The van der Waals surface area contributed by atoms with Crippen molar-refractivity contribution >= 4 is 18.0 Å². The molecular formula is C25H28N2O5. The first kappa shape index (κ1) is 21.9. The Hall–Kier alpha value is -3.35. The molecule has 1 fully saturated rings. The van der Waals surface area contributed by atoms with E-state index in [2.05, 4.69) is 29.6 Å². The van der Waals surface area contributed by atoms with E-state index in [1.807, 2.05) is 31.2 Å². The van der Waals surface area contributed by atoms with E-state index in [4.69, 9.17) is 4.74 Å². The normalized spacial score (nSPS) is 19.7. The molecule has 2 aromatic rings. The minimum Gasteiger partial charge on any atom is -0.481 e. The molecule has 2 N–H and O–H groups in total. The van der Waals surface area contributed by atoms with Gasteiger partial charge in [0, 0.05) is 32.0 Å². The van der Waals surface area contributed by atoms with Crippen molar-refractivity contribution in [3.8, 4) is 11.1 Å². The fraction of sp³-hybridized carbons (Fsp3) is 0.400. The second-order valence-electron chi connectivity index (χ2n) is 8.55. The zero-order valence-electron chi connectivity index (χ0n) is 18.1. The number of rotatable bonds is 6. The maximum absolute atomic E-state index is 12.4. The third-order valence-electron chi connectivity index (χ3n) is 6.53. The van der Waals surface area contributed by atoms with Crippen LogP contribution < -0.4 is 5.32 Å². The average molecular weight is 437 g/mol. The predicted molar refractivity (Wildman–Crippen MR) is 119 cm³/mol. The van der Waals surface area contributed by atoms with Gasteiger partial charge in [-0.2, -0.15) is 0 Å². The number of carboxylic acids is 1. The van der Waals surface area contributed by atoms with Crippen LogP contribution in [0.2, 0.25) is 0 Å². The number of hydrogen-bond acceptors (Lipinski definition) is 4. The van der Waals surface area contributed by atoms with E-state index >= 15 is 0 Å². The molecule has 0 aromatic heterocycles. The summed E-state index contributed by atoms with van der Waals surface area (Å²) in [5.74, 6) is -1.38. The number of piperidine rings is 1. The molecule has 0 radical (unpaired) electrons. The fourth-order valence-corrected chi connectivity index (χ4v) is 4.82. The topological polar surface area (TPSA) is 95.9 Å². The maximum Gasteiger partial charge on any atom is 0.407 e. The summed E-state index contributed by atoms with van der Waals surface area (Å²) in [7, 11) is 0. The van der Waals surface area contributed by atoms with E-state index in [9.17, 15) is 19.5 Å². The van der Waals surface area contributed by atoms with Gasteiger partial charge in [0.2, 0.25) is 5.91 Å². The number of carboxylic acid groups (broad SMARTS) is 1. The van der Waals surface area contributed by atoms with E-state index in [-0.39, 0.29) is 37.3 Å². The molecule has 1 saturated heterocycles. The van der Waals surface area contributed by atoms with Gasteiger partial charge >= 0.3 is 12.1 Å². The number of carbonyl (C=O) groups excluding carboxylic acids is 2. The molecule has 0 saturated carbocycles. The molecule has 1 aliphatic carbocycles. The Morgan fingerprint density at radius 3 is 2.28 bits per heavy atom. The lowest BCUT2D eigenvalue weighted by molar-refractivity contribution is -0.148. The molecule has 1 heterocycles. The molecule has 7 nitrogen and oxygen atoms in total. The molecule has 1 aliphatic heterocycles. The summed E-state index contributed by atoms with van der Waals surface area (Å²) in [6, 6.07) is 16.3. The molecule has 2 aromatic carbocycles. The van der Waals surface area contributed by atoms with Crippen molar-refractivity contribution in [2.45, 2.75) is 25.7 Å². The number of nitrogens with zero attached hydrogens (tertiary/aromatic N) is 1. The number of carbonyl (C=O) groups is 3. The molecule has 2 amide bonds. The van der Waals surface area contributed by atoms with Gasteiger partial charge in [0.05, 0.1) is 5.92 Å². The lowest BCUT2D eigenvalue weighted by Crippen LogP contribution is -2.45. The van der Waals surface area contributed by atoms with Crippen molar-refractivity contribution < 1.29 is 24.2 Å². The number of fused-ring (bicyclic) bond motifs is 3. The second kappa shape index (κ2) is 9.42. The van der Waals surface area contributed by atoms with Crippen LogP contribution in [0.15, 0.2) is 48.5 Å². The molecule has 4 rings (SSSR count). The van der Waals surface area contributed by atoms with Crippen molar-refractivity contribution in [1.29, 1.82) is 0 Å². The van der Waals surface area contributed by atoms with Gasteiger partial charge in [-0.05, 0) is 34.6 Å². The number of nitrogens with one attached hydrogen (secondary N) is 1. The summed E-state index contributed by atoms with van der Waals surface area (Å²) in [4.78, 5) is 37.6. The minimum atomic E-state index is -0.804. The van der Waals surface area contributed by atoms with Gasteiger partial charge in [0.15, 0.2) is 0 Å². The van der Waals surface area contributed by atoms with E-state index < -0.39 is 18.0 Å². The summed E-state index contributed by atoms with van der Waals surface area (Å²) in [5.41, 5.74) is 4.64. The van der Waals surface area contributed by atoms with E-state index in [0.29, 0.717) is 19.5 Å². The zero-order valence-corrected chi connectivity index (χ0v) is 18.1. The van der Waals surface area contributed by atoms with Crippen LogP contribution in [0.5, 0.6) is 0 Å². The first-order valence-electron chi connectivity index (χ1n) is 11.0. The third kappa shape index (κ3) is 4.47. The largest absolute Gasteiger partial charge is 0.481 e. The first-order chi connectivity index (χ1) is 15.5. The maximum atomic E-state index is 12.4. The first-order valence-corrected chi connectivity index (χ1v) is 11.0. The highest BCUT2D eigenvalue weighted by atomic mass is 16.5. The number of aliphatic carboxylic acids is 1. The SMILES string of the molecule is CC1CN(C(=O)CCNC(=O)OCC2c3ccccc3-c3ccccc32)CCC1C(=O)O. The van der Waals surface area contributed by atoms with Gasteiger partial charge in [0.1, 0.15) is 6.61 Å². The molecule has 32 heavy (non-hydrogen) atoms. The predicted octanol–water partition coefficient (Wildman–Crippen LogP) is 3.48. The highest BCUT2D eigenvalue weighted by Crippen LogP contribution is 2.44. The van der Waals surface area contributed by atoms with Crippen LogP contribution in [-0.4, -0.2) is 54.2 Å². The van der Waals surface area contributed by atoms with Gasteiger partial charge in [-0.25, -0.2) is 4.79 Å². The van der Waals surface area contributed by atoms with Gasteiger partial charge in [-0.15, -0.1) is 0 Å². The summed E-state index contributed by atoms with van der Waals surface area (Å²) in [6.45, 7) is 3.13. The van der Waals surface area contributed by atoms with Crippen LogP contribution in [-0.2, 0) is 14.3 Å². The fourth-order valence-electron chi connectivity index (χ4n) is 4.82. The smallest absolute Gasteiger partial charge is 0.407 e. The summed E-state index contributed by atoms with van der Waals surface area (Å²) in [5, 5.41) is 11.9. The Labute approximate surface area is 187 Å². The Kier molecular flexibility index (Phi) is 6.44. The molecular weight excluding hydrogens is 408 g/mol. The van der Waals surface area contributed by atoms with Crippen LogP contribution in [0.25, 0.3) is 11.1 Å². The standard InChI is InChI=1S/C25H28N2O5/c1-16-14-27(13-11-17(16)24(29)30)23(28)10-12-26-25(31)32-15-22-20-8-4-2-6-18(20)19-7-3-5-9-21(19)22/h2-9,16-17,22H,10-15H2,1H3,(H,26,31)(H,29,30). The van der Waals surface area contributed by atoms with Crippen LogP contribution in [0.3, 0.4) is 0 Å². The molecule has 2 aliphatic rings. The van der Waals surface area contributed by atoms with Gasteiger partial charge in [-0.3, -0.25) is 9.59 Å². The Bertz CT molecular complexity index is 975. The van der Waals surface area contributed by atoms with Crippen molar-refractivity contribution in [2.75, 3.05) is 26.2 Å². The molecule has 168 valence electrons. The van der Waals surface area contributed by atoms with Crippen LogP contribution in [0.4, 0.5) is 4.79 Å². The number of hydrogen-bond donors (Lipinski definition) is 2. The zero-order chi connectivity index (χ0) is 22.7. The van der Waals surface area contributed by atoms with Gasteiger partial charge in [-0.1, -0.05) is 55.5 Å². The van der Waals surface area contributed by atoms with Gasteiger partial charge in [0.25, 0.3) is 0 Å². The van der Waals surface area contributed by atoms with Crippen LogP contribution >= 0.6 is 0 Å². The molecule has 2 unspecified atom stereocenters. The molecule has 7 heteroatoms. The number of likely N-dealkylation sites (tertiary alicyclic amines) is 1. The second-order valence-corrected chi connectivity index (χ2v) is 8.55. The van der Waals surface area contributed by atoms with E-state index in [1.54, 1.807) is 4.90 Å². The number of benzene rings is 2. The number of alkyl carbamates (subject to hydrolysis) is 1. The van der Waals surface area contributed by atoms with Crippen molar-refractivity contribution in [3.05, 3.63) is 59.7 Å². The number of ether oxygens (including phenoxy) is 1. The Balaban J connectivity index is 1.24. The number of amides is 2. The Morgan fingerprint density at radius 1 is 1.06 bits per heavy atom. The summed E-state index contributed by atoms with van der Waals surface area (Å²) >= 11 is 0. The molecule has 0 bridgehead atoms. The summed E-state index contributed by atoms with van der Waals surface area (Å²) < 4.78 is 5.48. The molecule has 2 atom stereocenters. The molecule has 0 spiro atoms. The monoisotopic (exact) mass is 436 g/mol. The lowest BCUT2D eigenvalue weighted by Gasteiger charge is -2.35. The van der Waals surface area contributed by atoms with Crippen molar-refractivity contribution in [2.24, 2.45) is 11.8 Å². The van der Waals surface area contributed by atoms with Gasteiger partial charge < -0.3 is 20.1 Å². The highest BCUT2D eigenvalue weighted by Gasteiger charge is 2.33. The van der Waals surface area contributed by atoms with Crippen molar-refractivity contribution in [1.82, 2.24) is 10.2 Å². The quantitative estimate of drug-likeness (QED) is 0.723. The van der Waals surface area contributed by atoms with Crippen molar-refractivity contribution in [3.63, 3.8) is 0 Å². The third-order valence-corrected chi connectivity index (χ3v) is 6.53. The Morgan fingerprint density at radius 2 is 1.69 bits per heavy atom. The summed E-state index contributed by atoms with van der Waals surface area (Å²) in [6.07, 6.45) is 0.0779. The highest BCUT2D eigenvalue weighted by molar-refractivity contribution is 5.79. The minimum absolute atomic E-state index is 0.00759.